The van der Waals surface area contributed by atoms with Gasteiger partial charge in [-0.15, -0.1) is 0 Å². The molecule has 150 valence electrons. The Bertz CT molecular complexity index is 804. The smallest absolute Gasteiger partial charge is 0.325 e. The summed E-state index contributed by atoms with van der Waals surface area (Å²) in [5.74, 6) is 1.08. The zero-order valence-corrected chi connectivity index (χ0v) is 16.7. The highest BCUT2D eigenvalue weighted by Crippen LogP contribution is 2.38. The summed E-state index contributed by atoms with van der Waals surface area (Å²) in [4.78, 5) is 35.6. The van der Waals surface area contributed by atoms with Crippen molar-refractivity contribution in [3.05, 3.63) is 24.3 Å². The summed E-state index contributed by atoms with van der Waals surface area (Å²) in [6, 6.07) is 7.90. The van der Waals surface area contributed by atoms with Crippen LogP contribution in [0.4, 0.5) is 16.2 Å². The third-order valence-corrected chi connectivity index (χ3v) is 6.16. The number of carbonyl (C=O) groups is 2. The van der Waals surface area contributed by atoms with Crippen LogP contribution in [0.1, 0.15) is 39.5 Å². The number of anilines is 2. The SMILES string of the molecule is CC(C)C1=NCCCN1c1ccc(N2C[C@@]3(C(N)=O)CCCCN3C2=O)cc1. The molecule has 3 amide bonds. The number of rotatable bonds is 4. The third kappa shape index (κ3) is 2.93. The molecule has 3 heterocycles. The molecular weight excluding hydrogens is 354 g/mol. The van der Waals surface area contributed by atoms with Gasteiger partial charge >= 0.3 is 6.03 Å². The molecule has 1 atom stereocenters. The van der Waals surface area contributed by atoms with Crippen LogP contribution >= 0.6 is 0 Å². The summed E-state index contributed by atoms with van der Waals surface area (Å²) in [7, 11) is 0. The fourth-order valence-electron chi connectivity index (χ4n) is 4.68. The third-order valence-electron chi connectivity index (χ3n) is 6.16. The number of hydrogen-bond donors (Lipinski definition) is 1. The summed E-state index contributed by atoms with van der Waals surface area (Å²) >= 11 is 0. The number of nitrogens with two attached hydrogens (primary N) is 1. The standard InChI is InChI=1S/C21H29N5O2/c1-15(2)18-23-11-5-12-24(18)16-6-8-17(9-7-16)25-14-21(19(22)27)10-3-4-13-26(21)20(25)28/h6-9,15H,3-5,10-14H2,1-2H3,(H2,22,27)/t21-/m1/s1. The Morgan fingerprint density at radius 1 is 1.07 bits per heavy atom. The number of fused-ring (bicyclic) bond motifs is 1. The lowest BCUT2D eigenvalue weighted by Gasteiger charge is -2.37. The topological polar surface area (TPSA) is 82.2 Å². The second-order valence-corrected chi connectivity index (χ2v) is 8.29. The van der Waals surface area contributed by atoms with Gasteiger partial charge in [0.25, 0.3) is 0 Å². The molecule has 3 aliphatic rings. The highest BCUT2D eigenvalue weighted by molar-refractivity contribution is 6.03. The predicted octanol–water partition coefficient (Wildman–Crippen LogP) is 2.60. The highest BCUT2D eigenvalue weighted by Gasteiger charge is 2.55. The van der Waals surface area contributed by atoms with Gasteiger partial charge in [-0.05, 0) is 49.9 Å². The maximum atomic E-state index is 13.0. The first-order valence-electron chi connectivity index (χ1n) is 10.2. The molecule has 2 fully saturated rings. The molecule has 0 radical (unpaired) electrons. The van der Waals surface area contributed by atoms with Gasteiger partial charge in [0, 0.05) is 36.9 Å². The van der Waals surface area contributed by atoms with Crippen LogP contribution in [0.2, 0.25) is 0 Å². The summed E-state index contributed by atoms with van der Waals surface area (Å²) in [6.45, 7) is 7.09. The van der Waals surface area contributed by atoms with E-state index in [4.69, 9.17) is 10.7 Å². The summed E-state index contributed by atoms with van der Waals surface area (Å²) in [5, 5.41) is 0. The maximum absolute atomic E-state index is 13.0. The van der Waals surface area contributed by atoms with E-state index in [0.717, 1.165) is 49.6 Å². The van der Waals surface area contributed by atoms with Gasteiger partial charge in [-0.25, -0.2) is 4.79 Å². The Balaban J connectivity index is 1.59. The van der Waals surface area contributed by atoms with Crippen molar-refractivity contribution in [1.29, 1.82) is 0 Å². The normalized spacial score (nSPS) is 25.2. The van der Waals surface area contributed by atoms with Crippen LogP contribution in [-0.4, -0.2) is 54.4 Å². The van der Waals surface area contributed by atoms with Gasteiger partial charge in [-0.1, -0.05) is 13.8 Å². The molecule has 7 heteroatoms. The second kappa shape index (κ2) is 7.11. The molecule has 0 bridgehead atoms. The number of carbonyl (C=O) groups excluding carboxylic acids is 2. The number of urea groups is 1. The molecule has 0 spiro atoms. The first-order chi connectivity index (χ1) is 13.4. The fourth-order valence-corrected chi connectivity index (χ4v) is 4.68. The number of piperidine rings is 1. The van der Waals surface area contributed by atoms with Crippen LogP contribution < -0.4 is 15.5 Å². The van der Waals surface area contributed by atoms with E-state index in [2.05, 4.69) is 18.7 Å². The Morgan fingerprint density at radius 2 is 1.75 bits per heavy atom. The van der Waals surface area contributed by atoms with Gasteiger partial charge in [0.05, 0.1) is 6.54 Å². The quantitative estimate of drug-likeness (QED) is 0.868. The van der Waals surface area contributed by atoms with Crippen LogP contribution in [0.5, 0.6) is 0 Å². The van der Waals surface area contributed by atoms with Crippen LogP contribution in [0.15, 0.2) is 29.3 Å². The van der Waals surface area contributed by atoms with Gasteiger partial charge in [0.2, 0.25) is 5.91 Å². The minimum Gasteiger partial charge on any atom is -0.368 e. The van der Waals surface area contributed by atoms with Crippen LogP contribution in [0.25, 0.3) is 0 Å². The highest BCUT2D eigenvalue weighted by atomic mass is 16.2. The molecule has 0 unspecified atom stereocenters. The van der Waals surface area contributed by atoms with E-state index in [1.165, 1.54) is 0 Å². The Labute approximate surface area is 166 Å². The minimum atomic E-state index is -0.863. The molecule has 1 aromatic rings. The number of aliphatic imine (C=N–C) groups is 1. The van der Waals surface area contributed by atoms with Gasteiger partial charge < -0.3 is 15.5 Å². The van der Waals surface area contributed by atoms with E-state index in [9.17, 15) is 9.59 Å². The largest absolute Gasteiger partial charge is 0.368 e. The van der Waals surface area contributed by atoms with Gasteiger partial charge in [-0.2, -0.15) is 0 Å². The van der Waals surface area contributed by atoms with Crippen LogP contribution in [0, 0.1) is 5.92 Å². The van der Waals surface area contributed by atoms with Crippen molar-refractivity contribution in [2.45, 2.75) is 45.1 Å². The molecule has 0 aromatic heterocycles. The van der Waals surface area contributed by atoms with E-state index in [1.807, 2.05) is 24.3 Å². The van der Waals surface area contributed by atoms with Crippen molar-refractivity contribution in [3.63, 3.8) is 0 Å². The molecule has 2 N–H and O–H groups in total. The number of hydrogen-bond acceptors (Lipinski definition) is 4. The molecular formula is C21H29N5O2. The van der Waals surface area contributed by atoms with Crippen molar-refractivity contribution in [2.75, 3.05) is 36.0 Å². The fraction of sp³-hybridized carbons (Fsp3) is 0.571. The number of benzene rings is 1. The molecule has 0 saturated carbocycles. The Kier molecular flexibility index (Phi) is 4.77. The van der Waals surface area contributed by atoms with Crippen molar-refractivity contribution >= 4 is 29.1 Å². The lowest BCUT2D eigenvalue weighted by molar-refractivity contribution is -0.128. The first kappa shape index (κ1) is 18.8. The summed E-state index contributed by atoms with van der Waals surface area (Å²) in [6.07, 6.45) is 3.52. The number of amides is 3. The molecule has 3 aliphatic heterocycles. The van der Waals surface area contributed by atoms with Gasteiger partial charge in [-0.3, -0.25) is 14.7 Å². The Hall–Kier alpha value is -2.57. The first-order valence-corrected chi connectivity index (χ1v) is 10.2. The molecule has 7 nitrogen and oxygen atoms in total. The van der Waals surface area contributed by atoms with Crippen molar-refractivity contribution in [2.24, 2.45) is 16.6 Å². The molecule has 2 saturated heterocycles. The van der Waals surface area contributed by atoms with Gasteiger partial charge in [0.15, 0.2) is 0 Å². The Morgan fingerprint density at radius 3 is 2.36 bits per heavy atom. The van der Waals surface area contributed by atoms with Gasteiger partial charge in [0.1, 0.15) is 11.4 Å². The monoisotopic (exact) mass is 383 g/mol. The maximum Gasteiger partial charge on any atom is 0.325 e. The minimum absolute atomic E-state index is 0.117. The summed E-state index contributed by atoms with van der Waals surface area (Å²) < 4.78 is 0. The van der Waals surface area contributed by atoms with Crippen LogP contribution in [0.3, 0.4) is 0 Å². The molecule has 4 rings (SSSR count). The van der Waals surface area contributed by atoms with Crippen LogP contribution in [-0.2, 0) is 4.79 Å². The van der Waals surface area contributed by atoms with E-state index in [0.29, 0.717) is 25.4 Å². The average molecular weight is 383 g/mol. The lowest BCUT2D eigenvalue weighted by atomic mass is 9.87. The van der Waals surface area contributed by atoms with Crippen molar-refractivity contribution in [3.8, 4) is 0 Å². The average Bonchev–Trinajstić information content (AvgIpc) is 3.02. The summed E-state index contributed by atoms with van der Waals surface area (Å²) in [5.41, 5.74) is 6.77. The van der Waals surface area contributed by atoms with Crippen molar-refractivity contribution in [1.82, 2.24) is 4.90 Å². The number of amidine groups is 1. The number of primary amides is 1. The second-order valence-electron chi connectivity index (χ2n) is 8.29. The number of nitrogens with zero attached hydrogens (tertiary/aromatic N) is 4. The predicted molar refractivity (Wildman–Crippen MR) is 111 cm³/mol. The molecule has 28 heavy (non-hydrogen) atoms. The zero-order valence-electron chi connectivity index (χ0n) is 16.7. The zero-order chi connectivity index (χ0) is 19.9. The molecule has 0 aliphatic carbocycles. The van der Waals surface area contributed by atoms with E-state index < -0.39 is 11.4 Å². The lowest BCUT2D eigenvalue weighted by Crippen LogP contribution is -2.58. The van der Waals surface area contributed by atoms with Crippen molar-refractivity contribution < 1.29 is 9.59 Å². The molecule has 1 aromatic carbocycles. The van der Waals surface area contributed by atoms with E-state index in [-0.39, 0.29) is 6.03 Å². The van der Waals surface area contributed by atoms with E-state index >= 15 is 0 Å². The van der Waals surface area contributed by atoms with E-state index in [1.54, 1.807) is 9.80 Å².